The van der Waals surface area contributed by atoms with Gasteiger partial charge in [0.15, 0.2) is 0 Å². The number of benzene rings is 3. The van der Waals surface area contributed by atoms with Crippen molar-refractivity contribution in [3.05, 3.63) is 77.4 Å². The van der Waals surface area contributed by atoms with Crippen LogP contribution in [0.1, 0.15) is 29.5 Å². The molecule has 0 heterocycles. The second-order valence-corrected chi connectivity index (χ2v) is 7.50. The highest BCUT2D eigenvalue weighted by molar-refractivity contribution is 5.90. The van der Waals surface area contributed by atoms with Crippen LogP contribution < -0.4 is 10.1 Å². The number of aliphatic hydroxyl groups is 1. The first kappa shape index (κ1) is 18.5. The zero-order valence-corrected chi connectivity index (χ0v) is 16.1. The molecular formula is C24H25NO3. The Morgan fingerprint density at radius 1 is 1.14 bits per heavy atom. The molecule has 1 amide bonds. The predicted molar refractivity (Wildman–Crippen MR) is 110 cm³/mol. The van der Waals surface area contributed by atoms with Crippen LogP contribution in [0.2, 0.25) is 0 Å². The van der Waals surface area contributed by atoms with Crippen LogP contribution in [-0.2, 0) is 23.2 Å². The van der Waals surface area contributed by atoms with Gasteiger partial charge in [0, 0.05) is 0 Å². The zero-order chi connectivity index (χ0) is 19.6. The molecule has 0 aromatic heterocycles. The number of nitrogens with one attached hydrogen (secondary N) is 1. The number of hydrogen-bond donors (Lipinski definition) is 2. The van der Waals surface area contributed by atoms with Gasteiger partial charge in [-0.3, -0.25) is 4.79 Å². The minimum Gasteiger partial charge on any atom is -0.497 e. The molecule has 0 saturated heterocycles. The van der Waals surface area contributed by atoms with Gasteiger partial charge in [-0.25, -0.2) is 0 Å². The topological polar surface area (TPSA) is 58.6 Å². The lowest BCUT2D eigenvalue weighted by Gasteiger charge is -2.35. The lowest BCUT2D eigenvalue weighted by molar-refractivity contribution is -0.122. The summed E-state index contributed by atoms with van der Waals surface area (Å²) in [6.45, 7) is 0.218. The van der Waals surface area contributed by atoms with E-state index < -0.39 is 5.60 Å². The fourth-order valence-electron chi connectivity index (χ4n) is 4.17. The van der Waals surface area contributed by atoms with E-state index in [4.69, 9.17) is 4.74 Å². The number of fused-ring (bicyclic) bond motifs is 2. The summed E-state index contributed by atoms with van der Waals surface area (Å²) in [6, 6.07) is 19.9. The number of rotatable bonds is 5. The lowest BCUT2D eigenvalue weighted by Crippen LogP contribution is -2.43. The molecule has 144 valence electrons. The molecule has 0 aliphatic heterocycles. The number of amides is 1. The summed E-state index contributed by atoms with van der Waals surface area (Å²) in [7, 11) is 1.64. The minimum absolute atomic E-state index is 0.0783. The third-order valence-corrected chi connectivity index (χ3v) is 5.66. The van der Waals surface area contributed by atoms with E-state index in [2.05, 4.69) is 5.32 Å². The zero-order valence-electron chi connectivity index (χ0n) is 16.1. The quantitative estimate of drug-likeness (QED) is 0.714. The van der Waals surface area contributed by atoms with Crippen molar-refractivity contribution < 1.29 is 14.6 Å². The van der Waals surface area contributed by atoms with Gasteiger partial charge in [-0.05, 0) is 58.9 Å². The van der Waals surface area contributed by atoms with Gasteiger partial charge < -0.3 is 15.2 Å². The van der Waals surface area contributed by atoms with Gasteiger partial charge in [0.1, 0.15) is 11.4 Å². The Hall–Kier alpha value is -2.85. The largest absolute Gasteiger partial charge is 0.497 e. The molecule has 2 N–H and O–H groups in total. The van der Waals surface area contributed by atoms with Gasteiger partial charge in [-0.1, -0.05) is 48.5 Å². The number of hydrogen-bond acceptors (Lipinski definition) is 3. The third-order valence-electron chi connectivity index (χ3n) is 5.66. The highest BCUT2D eigenvalue weighted by Crippen LogP contribution is 2.36. The highest BCUT2D eigenvalue weighted by Gasteiger charge is 2.34. The Bertz CT molecular complexity index is 1010. The summed E-state index contributed by atoms with van der Waals surface area (Å²) >= 11 is 0. The molecule has 0 saturated carbocycles. The summed E-state index contributed by atoms with van der Waals surface area (Å²) in [5, 5.41) is 16.4. The maximum absolute atomic E-state index is 12.6. The van der Waals surface area contributed by atoms with Crippen LogP contribution in [0.5, 0.6) is 5.75 Å². The summed E-state index contributed by atoms with van der Waals surface area (Å²) < 4.78 is 5.30. The number of methoxy groups -OCH3 is 1. The minimum atomic E-state index is -1.03. The summed E-state index contributed by atoms with van der Waals surface area (Å²) in [4.78, 5) is 12.6. The first-order chi connectivity index (χ1) is 13.6. The molecule has 0 spiro atoms. The summed E-state index contributed by atoms with van der Waals surface area (Å²) in [6.07, 6.45) is 2.74. The predicted octanol–water partition coefficient (Wildman–Crippen LogP) is 3.73. The summed E-state index contributed by atoms with van der Waals surface area (Å²) in [5.74, 6) is 0.716. The summed E-state index contributed by atoms with van der Waals surface area (Å²) in [5.41, 5.74) is 1.95. The molecule has 4 nitrogen and oxygen atoms in total. The molecule has 3 aromatic carbocycles. The van der Waals surface area contributed by atoms with Crippen molar-refractivity contribution in [1.29, 1.82) is 0 Å². The van der Waals surface area contributed by atoms with E-state index in [-0.39, 0.29) is 12.5 Å². The van der Waals surface area contributed by atoms with Crippen LogP contribution in [0.3, 0.4) is 0 Å². The van der Waals surface area contributed by atoms with Gasteiger partial charge in [0.05, 0.1) is 20.1 Å². The molecule has 1 aliphatic carbocycles. The molecule has 28 heavy (non-hydrogen) atoms. The fraction of sp³-hybridized carbons (Fsp3) is 0.292. The Morgan fingerprint density at radius 3 is 2.82 bits per heavy atom. The Morgan fingerprint density at radius 2 is 1.96 bits per heavy atom. The number of aryl methyl sites for hydroxylation is 1. The van der Waals surface area contributed by atoms with Crippen LogP contribution in [-0.4, -0.2) is 24.7 Å². The molecule has 3 aromatic rings. The standard InChI is InChI=1S/C24H25NO3/c1-28-20-11-12-22-19(14-20)9-5-13-24(22,27)16-25-23(26)15-18-8-4-7-17-6-2-3-10-21(17)18/h2-4,6-8,10-12,14,27H,5,9,13,15-16H2,1H3,(H,25,26). The molecule has 1 unspecified atom stereocenters. The van der Waals surface area contributed by atoms with Crippen molar-refractivity contribution in [2.45, 2.75) is 31.3 Å². The van der Waals surface area contributed by atoms with Gasteiger partial charge in [-0.2, -0.15) is 0 Å². The van der Waals surface area contributed by atoms with Crippen molar-refractivity contribution in [2.75, 3.05) is 13.7 Å². The Balaban J connectivity index is 1.48. The second-order valence-electron chi connectivity index (χ2n) is 7.50. The van der Waals surface area contributed by atoms with Crippen molar-refractivity contribution in [3.8, 4) is 5.75 Å². The molecule has 4 heteroatoms. The van der Waals surface area contributed by atoms with Crippen LogP contribution in [0, 0.1) is 0 Å². The molecule has 0 bridgehead atoms. The van der Waals surface area contributed by atoms with E-state index in [0.29, 0.717) is 12.8 Å². The molecule has 1 aliphatic rings. The van der Waals surface area contributed by atoms with E-state index in [1.807, 2.05) is 60.7 Å². The molecular weight excluding hydrogens is 350 g/mol. The Kier molecular flexibility index (Phi) is 5.05. The van der Waals surface area contributed by atoms with Gasteiger partial charge in [-0.15, -0.1) is 0 Å². The number of ether oxygens (including phenoxy) is 1. The molecule has 1 atom stereocenters. The molecule has 4 rings (SSSR count). The number of carbonyl (C=O) groups is 1. The van der Waals surface area contributed by atoms with E-state index >= 15 is 0 Å². The van der Waals surface area contributed by atoms with E-state index in [1.54, 1.807) is 7.11 Å². The van der Waals surface area contributed by atoms with Crippen molar-refractivity contribution >= 4 is 16.7 Å². The molecule has 0 fully saturated rings. The lowest BCUT2D eigenvalue weighted by atomic mass is 9.79. The van der Waals surface area contributed by atoms with Crippen LogP contribution in [0.15, 0.2) is 60.7 Å². The fourth-order valence-corrected chi connectivity index (χ4v) is 4.17. The van der Waals surface area contributed by atoms with Crippen molar-refractivity contribution in [2.24, 2.45) is 0 Å². The monoisotopic (exact) mass is 375 g/mol. The molecule has 0 radical (unpaired) electrons. The average molecular weight is 375 g/mol. The van der Waals surface area contributed by atoms with Crippen LogP contribution in [0.4, 0.5) is 0 Å². The van der Waals surface area contributed by atoms with Gasteiger partial charge in [0.25, 0.3) is 0 Å². The first-order valence-corrected chi connectivity index (χ1v) is 9.72. The second kappa shape index (κ2) is 7.64. The maximum atomic E-state index is 12.6. The normalized spacial score (nSPS) is 18.5. The first-order valence-electron chi connectivity index (χ1n) is 9.72. The third kappa shape index (κ3) is 3.60. The van der Waals surface area contributed by atoms with Crippen molar-refractivity contribution in [1.82, 2.24) is 5.32 Å². The van der Waals surface area contributed by atoms with Gasteiger partial charge >= 0.3 is 0 Å². The highest BCUT2D eigenvalue weighted by atomic mass is 16.5. The van der Waals surface area contributed by atoms with E-state index in [9.17, 15) is 9.90 Å². The van der Waals surface area contributed by atoms with E-state index in [1.165, 1.54) is 0 Å². The smallest absolute Gasteiger partial charge is 0.224 e. The van der Waals surface area contributed by atoms with Crippen LogP contribution in [0.25, 0.3) is 10.8 Å². The Labute approximate surface area is 165 Å². The SMILES string of the molecule is COc1ccc2c(c1)CCCC2(O)CNC(=O)Cc1cccc2ccccc12. The number of carbonyl (C=O) groups excluding carboxylic acids is 1. The van der Waals surface area contributed by atoms with E-state index in [0.717, 1.165) is 46.1 Å². The average Bonchev–Trinajstić information content (AvgIpc) is 2.72. The van der Waals surface area contributed by atoms with Gasteiger partial charge in [0.2, 0.25) is 5.91 Å². The van der Waals surface area contributed by atoms with Crippen LogP contribution >= 0.6 is 0 Å². The maximum Gasteiger partial charge on any atom is 0.224 e. The van der Waals surface area contributed by atoms with Crippen molar-refractivity contribution in [3.63, 3.8) is 0 Å².